The molecule has 1 aromatic heterocycles. The number of furan rings is 1. The van der Waals surface area contributed by atoms with Crippen LogP contribution in [0.2, 0.25) is 0 Å². The predicted molar refractivity (Wildman–Crippen MR) is 105 cm³/mol. The zero-order valence-electron chi connectivity index (χ0n) is 15.4. The molecule has 1 fully saturated rings. The summed E-state index contributed by atoms with van der Waals surface area (Å²) in [7, 11) is 1.52. The Bertz CT molecular complexity index is 739. The van der Waals surface area contributed by atoms with Gasteiger partial charge in [-0.2, -0.15) is 11.8 Å². The molecule has 2 atom stereocenters. The lowest BCUT2D eigenvalue weighted by molar-refractivity contribution is 0.0692. The number of carboxylic acids is 1. The SMILES string of the molecule is CCCC1CCCC1SCc1ccc(-c2ccoc2)c(OC)c1C(=O)O. The molecule has 0 amide bonds. The minimum Gasteiger partial charge on any atom is -0.495 e. The monoisotopic (exact) mass is 374 g/mol. The maximum absolute atomic E-state index is 12.0. The molecule has 1 aliphatic carbocycles. The van der Waals surface area contributed by atoms with Crippen LogP contribution >= 0.6 is 11.8 Å². The molecule has 2 aromatic rings. The van der Waals surface area contributed by atoms with Gasteiger partial charge >= 0.3 is 5.97 Å². The molecule has 1 aliphatic rings. The lowest BCUT2D eigenvalue weighted by Crippen LogP contribution is -2.11. The Kier molecular flexibility index (Phi) is 6.30. The molecule has 0 radical (unpaired) electrons. The Labute approximate surface area is 158 Å². The van der Waals surface area contributed by atoms with Crippen molar-refractivity contribution < 1.29 is 19.1 Å². The fraction of sp³-hybridized carbons (Fsp3) is 0.476. The van der Waals surface area contributed by atoms with Crippen molar-refractivity contribution in [1.82, 2.24) is 0 Å². The Hall–Kier alpha value is -1.88. The second-order valence-corrected chi connectivity index (χ2v) is 8.05. The molecule has 5 heteroatoms. The number of hydrogen-bond acceptors (Lipinski definition) is 4. The third-order valence-corrected chi connectivity index (χ3v) is 6.72. The lowest BCUT2D eigenvalue weighted by atomic mass is 9.99. The van der Waals surface area contributed by atoms with Gasteiger partial charge in [-0.1, -0.05) is 31.9 Å². The molecule has 1 N–H and O–H groups in total. The molecule has 0 bridgehead atoms. The third-order valence-electron chi connectivity index (χ3n) is 5.20. The van der Waals surface area contributed by atoms with Gasteiger partial charge in [-0.25, -0.2) is 4.79 Å². The van der Waals surface area contributed by atoms with E-state index in [4.69, 9.17) is 9.15 Å². The Balaban J connectivity index is 1.86. The van der Waals surface area contributed by atoms with Crippen LogP contribution in [0.15, 0.2) is 35.1 Å². The summed E-state index contributed by atoms with van der Waals surface area (Å²) in [6, 6.07) is 5.67. The molecule has 1 aromatic carbocycles. The van der Waals surface area contributed by atoms with E-state index in [1.54, 1.807) is 12.5 Å². The van der Waals surface area contributed by atoms with Crippen LogP contribution < -0.4 is 4.74 Å². The van der Waals surface area contributed by atoms with Gasteiger partial charge in [0.15, 0.2) is 0 Å². The summed E-state index contributed by atoms with van der Waals surface area (Å²) in [4.78, 5) is 12.0. The second-order valence-electron chi connectivity index (χ2n) is 6.83. The summed E-state index contributed by atoms with van der Waals surface area (Å²) in [5, 5.41) is 10.5. The number of benzene rings is 1. The van der Waals surface area contributed by atoms with Crippen LogP contribution in [-0.2, 0) is 5.75 Å². The highest BCUT2D eigenvalue weighted by Crippen LogP contribution is 2.41. The molecule has 3 rings (SSSR count). The fourth-order valence-corrected chi connectivity index (χ4v) is 5.47. The summed E-state index contributed by atoms with van der Waals surface area (Å²) in [6.45, 7) is 2.24. The number of rotatable bonds is 8. The summed E-state index contributed by atoms with van der Waals surface area (Å²) < 4.78 is 10.6. The molecule has 4 nitrogen and oxygen atoms in total. The molecule has 0 aliphatic heterocycles. The van der Waals surface area contributed by atoms with Crippen molar-refractivity contribution in [1.29, 1.82) is 0 Å². The average Bonchev–Trinajstić information content (AvgIpc) is 3.31. The van der Waals surface area contributed by atoms with E-state index in [2.05, 4.69) is 6.92 Å². The molecular weight excluding hydrogens is 348 g/mol. The first-order valence-corrected chi connectivity index (χ1v) is 10.3. The van der Waals surface area contributed by atoms with E-state index in [0.717, 1.165) is 22.6 Å². The standard InChI is InChI=1S/C21H26O4S/c1-3-5-14-6-4-7-18(14)26-13-16-8-9-17(15-10-11-25-12-15)20(24-2)19(16)21(22)23/h8-12,14,18H,3-7,13H2,1-2H3,(H,22,23). The van der Waals surface area contributed by atoms with Gasteiger partial charge in [0.25, 0.3) is 0 Å². The van der Waals surface area contributed by atoms with Gasteiger partial charge < -0.3 is 14.3 Å². The summed E-state index contributed by atoms with van der Waals surface area (Å²) >= 11 is 1.90. The molecule has 1 heterocycles. The van der Waals surface area contributed by atoms with E-state index in [-0.39, 0.29) is 5.56 Å². The molecule has 26 heavy (non-hydrogen) atoms. The van der Waals surface area contributed by atoms with E-state index >= 15 is 0 Å². The van der Waals surface area contributed by atoms with Crippen LogP contribution in [0.1, 0.15) is 54.9 Å². The van der Waals surface area contributed by atoms with Crippen molar-refractivity contribution in [3.63, 3.8) is 0 Å². The first-order chi connectivity index (χ1) is 12.7. The van der Waals surface area contributed by atoms with Gasteiger partial charge in [0, 0.05) is 22.1 Å². The first-order valence-electron chi connectivity index (χ1n) is 9.23. The maximum atomic E-state index is 12.0. The normalized spacial score (nSPS) is 19.6. The van der Waals surface area contributed by atoms with Gasteiger partial charge in [-0.3, -0.25) is 0 Å². The summed E-state index contributed by atoms with van der Waals surface area (Å²) in [5.74, 6) is 0.937. The van der Waals surface area contributed by atoms with E-state index in [9.17, 15) is 9.90 Å². The van der Waals surface area contributed by atoms with Crippen molar-refractivity contribution in [3.05, 3.63) is 41.9 Å². The van der Waals surface area contributed by atoms with Crippen molar-refractivity contribution in [2.45, 2.75) is 50.0 Å². The number of carbonyl (C=O) groups is 1. The highest BCUT2D eigenvalue weighted by Gasteiger charge is 2.28. The minimum absolute atomic E-state index is 0.267. The average molecular weight is 375 g/mol. The van der Waals surface area contributed by atoms with Crippen molar-refractivity contribution in [2.75, 3.05) is 7.11 Å². The number of thioether (sulfide) groups is 1. The lowest BCUT2D eigenvalue weighted by Gasteiger charge is -2.20. The molecule has 140 valence electrons. The van der Waals surface area contributed by atoms with E-state index < -0.39 is 5.97 Å². The van der Waals surface area contributed by atoms with Crippen LogP contribution in [0.5, 0.6) is 5.75 Å². The first kappa shape index (κ1) is 18.9. The fourth-order valence-electron chi connectivity index (χ4n) is 3.96. The number of aromatic carboxylic acids is 1. The topological polar surface area (TPSA) is 59.7 Å². The molecule has 2 unspecified atom stereocenters. The number of carboxylic acid groups (broad SMARTS) is 1. The number of methoxy groups -OCH3 is 1. The zero-order valence-corrected chi connectivity index (χ0v) is 16.2. The quantitative estimate of drug-likeness (QED) is 0.627. The van der Waals surface area contributed by atoms with E-state index in [0.29, 0.717) is 16.8 Å². The van der Waals surface area contributed by atoms with Gasteiger partial charge in [-0.15, -0.1) is 0 Å². The van der Waals surface area contributed by atoms with E-state index in [1.165, 1.54) is 39.2 Å². The summed E-state index contributed by atoms with van der Waals surface area (Å²) in [6.07, 6.45) is 9.50. The Morgan fingerprint density at radius 1 is 1.35 bits per heavy atom. The van der Waals surface area contributed by atoms with Crippen LogP contribution in [0.25, 0.3) is 11.1 Å². The highest BCUT2D eigenvalue weighted by molar-refractivity contribution is 7.99. The number of ether oxygens (including phenoxy) is 1. The van der Waals surface area contributed by atoms with Crippen molar-refractivity contribution in [2.24, 2.45) is 5.92 Å². The summed E-state index contributed by atoms with van der Waals surface area (Å²) in [5.41, 5.74) is 2.66. The Morgan fingerprint density at radius 3 is 2.85 bits per heavy atom. The minimum atomic E-state index is -0.945. The zero-order chi connectivity index (χ0) is 18.5. The molecule has 0 spiro atoms. The van der Waals surface area contributed by atoms with Crippen LogP contribution in [0, 0.1) is 5.92 Å². The van der Waals surface area contributed by atoms with E-state index in [1.807, 2.05) is 30.0 Å². The largest absolute Gasteiger partial charge is 0.495 e. The number of hydrogen-bond donors (Lipinski definition) is 1. The Morgan fingerprint density at radius 2 is 2.19 bits per heavy atom. The van der Waals surface area contributed by atoms with Crippen LogP contribution in [0.4, 0.5) is 0 Å². The molecule has 0 saturated heterocycles. The maximum Gasteiger partial charge on any atom is 0.339 e. The van der Waals surface area contributed by atoms with Crippen LogP contribution in [0.3, 0.4) is 0 Å². The third kappa shape index (κ3) is 3.93. The van der Waals surface area contributed by atoms with Crippen molar-refractivity contribution in [3.8, 4) is 16.9 Å². The molecule has 1 saturated carbocycles. The smallest absolute Gasteiger partial charge is 0.339 e. The highest BCUT2D eigenvalue weighted by atomic mass is 32.2. The van der Waals surface area contributed by atoms with Gasteiger partial charge in [-0.05, 0) is 36.8 Å². The van der Waals surface area contributed by atoms with Crippen molar-refractivity contribution >= 4 is 17.7 Å². The molecular formula is C21H26O4S. The van der Waals surface area contributed by atoms with Gasteiger partial charge in [0.05, 0.1) is 19.6 Å². The van der Waals surface area contributed by atoms with Gasteiger partial charge in [0.2, 0.25) is 0 Å². The second kappa shape index (κ2) is 8.67. The van der Waals surface area contributed by atoms with Gasteiger partial charge in [0.1, 0.15) is 11.3 Å². The predicted octanol–water partition coefficient (Wildman–Crippen LogP) is 5.86. The van der Waals surface area contributed by atoms with Crippen LogP contribution in [-0.4, -0.2) is 23.4 Å².